The van der Waals surface area contributed by atoms with Gasteiger partial charge in [0, 0.05) is 86.8 Å². The van der Waals surface area contributed by atoms with Crippen molar-refractivity contribution in [2.75, 3.05) is 0 Å². The summed E-state index contributed by atoms with van der Waals surface area (Å²) in [6.45, 7) is 27.6. The number of carbonyl (C=O) groups is 2. The van der Waals surface area contributed by atoms with Crippen LogP contribution in [0.15, 0.2) is 178 Å². The van der Waals surface area contributed by atoms with E-state index in [4.69, 9.17) is 18.8 Å². The second-order valence-electron chi connectivity index (χ2n) is 27.3. The van der Waals surface area contributed by atoms with E-state index in [0.717, 1.165) is 140 Å². The van der Waals surface area contributed by atoms with Gasteiger partial charge in [-0.05, 0) is 80.0 Å². The van der Waals surface area contributed by atoms with E-state index in [1.165, 1.54) is 54.1 Å². The number of para-hydroxylation sites is 2. The summed E-state index contributed by atoms with van der Waals surface area (Å²) in [7, 11) is -1.68. The Morgan fingerprint density at radius 3 is 1.21 bits per heavy atom. The molecule has 96 heavy (non-hydrogen) atoms. The first kappa shape index (κ1) is 76.5. The van der Waals surface area contributed by atoms with Crippen molar-refractivity contribution in [2.24, 2.45) is 23.7 Å². The fourth-order valence-corrected chi connectivity index (χ4v) is 18.1. The van der Waals surface area contributed by atoms with Gasteiger partial charge in [0.25, 0.3) is 0 Å². The zero-order valence-electron chi connectivity index (χ0n) is 59.1. The second kappa shape index (κ2) is 33.6. The Balaban J connectivity index is 0.000000191. The minimum Gasteiger partial charge on any atom is -0.501 e. The molecule has 506 valence electrons. The molecule has 0 fully saturated rings. The van der Waals surface area contributed by atoms with Gasteiger partial charge in [0.2, 0.25) is 0 Å². The van der Waals surface area contributed by atoms with Crippen molar-refractivity contribution in [1.82, 2.24) is 9.97 Å². The molecule has 4 heterocycles. The van der Waals surface area contributed by atoms with E-state index < -0.39 is 21.3 Å². The number of allylic oxidation sites excluding steroid dienone is 4. The fourth-order valence-electron chi connectivity index (χ4n) is 13.2. The smallest absolute Gasteiger partial charge is 0.120 e. The maximum atomic E-state index is 11.7. The number of hydrogen-bond acceptors (Lipinski definition) is 8. The normalized spacial score (nSPS) is 12.2. The molecule has 4 aromatic heterocycles. The molecule has 2 radical (unpaired) electrons. The summed E-state index contributed by atoms with van der Waals surface area (Å²) in [5, 5.41) is 33.2. The number of hydrogen-bond donors (Lipinski definition) is 2. The van der Waals surface area contributed by atoms with Crippen LogP contribution in [-0.2, 0) is 49.8 Å². The molecule has 8 aromatic carbocycles. The van der Waals surface area contributed by atoms with Crippen LogP contribution in [0.25, 0.3) is 110 Å². The van der Waals surface area contributed by atoms with E-state index in [1.807, 2.05) is 79.7 Å². The predicted octanol–water partition coefficient (Wildman–Crippen LogP) is 23.0. The molecule has 0 unspecified atom stereocenters. The predicted molar refractivity (Wildman–Crippen MR) is 405 cm³/mol. The summed E-state index contributed by atoms with van der Waals surface area (Å²) in [6, 6.07) is 58.6. The van der Waals surface area contributed by atoms with Crippen molar-refractivity contribution in [2.45, 2.75) is 158 Å². The van der Waals surface area contributed by atoms with Crippen LogP contribution < -0.4 is 9.58 Å². The Hall–Kier alpha value is -6.82. The molecule has 12 rings (SSSR count). The van der Waals surface area contributed by atoms with Gasteiger partial charge in [0.15, 0.2) is 11.6 Å². The van der Waals surface area contributed by atoms with Gasteiger partial charge in [-0.3, -0.25) is 14.6 Å². The largest absolute Gasteiger partial charge is 0.501 e. The third-order valence-corrected chi connectivity index (χ3v) is 25.0. The van der Waals surface area contributed by atoms with Gasteiger partial charge in [-0.1, -0.05) is 153 Å². The Kier molecular flexibility index (Phi) is 26.8. The number of ketones is 2. The molecular formula is C84H96GeIr2N2O6Si-2. The summed E-state index contributed by atoms with van der Waals surface area (Å²) in [4.78, 5) is 33.8. The maximum absolute atomic E-state index is 11.7. The molecule has 0 spiro atoms. The van der Waals surface area contributed by atoms with Gasteiger partial charge in [-0.25, -0.2) is 0 Å². The van der Waals surface area contributed by atoms with Gasteiger partial charge in [0.05, 0.1) is 30.7 Å². The topological polar surface area (TPSA) is 127 Å². The maximum Gasteiger partial charge on any atom is 0.120 e. The number of carbonyl (C=O) groups excluding carboxylic acids is 2. The zero-order chi connectivity index (χ0) is 67.8. The minimum atomic E-state index is -2.25. The first-order valence-corrected chi connectivity index (χ1v) is 45.1. The molecule has 2 N–H and O–H groups in total. The molecule has 0 aliphatic rings. The first-order chi connectivity index (χ1) is 45.0. The number of nitrogens with zero attached hydrogens (tertiary/aromatic N) is 2. The summed E-state index contributed by atoms with van der Waals surface area (Å²) >= 11 is -2.25. The van der Waals surface area contributed by atoms with Crippen molar-refractivity contribution in [3.63, 3.8) is 0 Å². The van der Waals surface area contributed by atoms with E-state index in [-0.39, 0.29) is 87.0 Å². The van der Waals surface area contributed by atoms with Crippen molar-refractivity contribution in [1.29, 1.82) is 0 Å². The van der Waals surface area contributed by atoms with Gasteiger partial charge in [-0.2, -0.15) is 0 Å². The number of rotatable bonds is 18. The molecule has 0 saturated carbocycles. The first-order valence-electron chi connectivity index (χ1n) is 34.2. The summed E-state index contributed by atoms with van der Waals surface area (Å²) in [6.07, 6.45) is 9.81. The van der Waals surface area contributed by atoms with Gasteiger partial charge in [0.1, 0.15) is 5.58 Å². The Bertz CT molecular complexity index is 4460. The zero-order valence-corrected chi connectivity index (χ0v) is 67.0. The molecule has 0 saturated heterocycles. The Morgan fingerprint density at radius 2 is 0.823 bits per heavy atom. The number of furan rings is 2. The molecular weight excluding hydrogens is 1620 g/mol. The molecule has 0 aliphatic heterocycles. The van der Waals surface area contributed by atoms with Crippen molar-refractivity contribution in [3.05, 3.63) is 193 Å². The van der Waals surface area contributed by atoms with E-state index >= 15 is 0 Å². The van der Waals surface area contributed by atoms with Crippen LogP contribution in [0, 0.1) is 49.7 Å². The summed E-state index contributed by atoms with van der Waals surface area (Å²) in [5.41, 5.74) is 11.6. The van der Waals surface area contributed by atoms with Crippen LogP contribution in [0.3, 0.4) is 0 Å². The number of benzene rings is 8. The average molecular weight is 1710 g/mol. The van der Waals surface area contributed by atoms with Crippen molar-refractivity contribution < 1.29 is 68.8 Å². The standard InChI is InChI=1S/C29H24GeNO.C29H24NOSi.2C13H24O2.2Ir/c1-18-15-22-21-11-7-8-12-27(21)32-29(22)23(16-18)26-17-24(30(2,3)4)28-20-10-6-5-9-19(20)13-14-25(28)31-26;1-18-15-22-21-11-7-8-12-26(21)31-29(22)23(16-18)25-17-27(32(2,3)4)28-20-10-6-5-9-19(20)13-14-24(28)30-25;2*1-5-10(6-2)12(14)9-13(15)11(7-3)8-4;;/h2*5-15,17H,1-4H3;2*9-11,14H,5-8H2,1-4H3;;/q2*-1;;;;. The number of aromatic nitrogens is 2. The summed E-state index contributed by atoms with van der Waals surface area (Å²) in [5.74, 6) is 8.46. The van der Waals surface area contributed by atoms with Crippen LogP contribution in [-0.4, -0.2) is 53.1 Å². The number of aliphatic hydroxyl groups excluding tert-OH is 2. The SMILES string of the molecule is CCC(CC)C(=O)C=C(O)C(CC)CC.CCC(CC)C(=O)C=C(O)C(CC)CC.Cc1[c-]c(-c2c[c]([Ge]([CH3])([CH3])[CH3])c3c(ccc4ccccc43)n2)c2oc3ccccc3c2c1.Cc1[c-]c(-c2cc([Si](C)(C)C)c3c(ccc4ccccc43)n2)c2oc3ccccc3c2c1.[Ir].[Ir]. The Morgan fingerprint density at radius 1 is 0.469 bits per heavy atom. The van der Waals surface area contributed by atoms with Crippen molar-refractivity contribution in [3.8, 4) is 22.5 Å². The molecule has 8 nitrogen and oxygen atoms in total. The van der Waals surface area contributed by atoms with Gasteiger partial charge < -0.3 is 14.6 Å². The van der Waals surface area contributed by atoms with Gasteiger partial charge in [-0.15, -0.1) is 17.7 Å². The van der Waals surface area contributed by atoms with Crippen LogP contribution in [0.1, 0.15) is 118 Å². The molecule has 0 amide bonds. The van der Waals surface area contributed by atoms with Crippen molar-refractivity contribution >= 4 is 130 Å². The second-order valence-corrected chi connectivity index (χ2v) is 42.9. The molecule has 0 atom stereocenters. The number of aliphatic hydroxyl groups is 2. The summed E-state index contributed by atoms with van der Waals surface area (Å²) < 4.78 is 14.2. The third kappa shape index (κ3) is 17.0. The number of pyridine rings is 2. The molecule has 0 bridgehead atoms. The molecule has 12 heteroatoms. The van der Waals surface area contributed by atoms with Crippen LogP contribution in [0.2, 0.25) is 36.9 Å². The van der Waals surface area contributed by atoms with E-state index in [0.29, 0.717) is 0 Å². The van der Waals surface area contributed by atoms with E-state index in [2.05, 4.69) is 184 Å². The third-order valence-electron chi connectivity index (χ3n) is 18.8. The average Bonchev–Trinajstić information content (AvgIpc) is 1.29. The monoisotopic (exact) mass is 1720 g/mol. The minimum absolute atomic E-state index is 0. The van der Waals surface area contributed by atoms with E-state index in [1.54, 1.807) is 0 Å². The number of aryl methyl sites for hydroxylation is 2. The number of fused-ring (bicyclic) bond motifs is 12. The quantitative estimate of drug-likeness (QED) is 0.0286. The van der Waals surface area contributed by atoms with E-state index in [9.17, 15) is 19.8 Å². The molecule has 12 aromatic rings. The Labute approximate surface area is 599 Å². The fraction of sp³-hybridized carbons (Fsp3) is 0.333. The van der Waals surface area contributed by atoms with Crippen LogP contribution in [0.4, 0.5) is 0 Å². The molecule has 0 aliphatic carbocycles. The van der Waals surface area contributed by atoms with Crippen LogP contribution >= 0.6 is 0 Å². The van der Waals surface area contributed by atoms with Crippen LogP contribution in [0.5, 0.6) is 0 Å². The van der Waals surface area contributed by atoms with Gasteiger partial charge >= 0.3 is 191 Å².